The zero-order valence-corrected chi connectivity index (χ0v) is 9.03. The largest absolute Gasteiger partial charge is 0.465 e. The van der Waals surface area contributed by atoms with Crippen LogP contribution >= 0.6 is 11.6 Å². The van der Waals surface area contributed by atoms with Crippen molar-refractivity contribution in [3.8, 4) is 0 Å². The Bertz CT molecular complexity index is 348. The number of ether oxygens (including phenoxy) is 1. The monoisotopic (exact) mass is 226 g/mol. The van der Waals surface area contributed by atoms with Crippen molar-refractivity contribution in [3.63, 3.8) is 0 Å². The Morgan fingerprint density at radius 3 is 2.40 bits per heavy atom. The molecule has 0 aliphatic heterocycles. The van der Waals surface area contributed by atoms with E-state index in [1.807, 2.05) is 6.07 Å². The Morgan fingerprint density at radius 2 is 1.93 bits per heavy atom. The molecular weight excluding hydrogens is 216 g/mol. The van der Waals surface area contributed by atoms with E-state index in [1.54, 1.807) is 24.3 Å². The molecule has 0 saturated heterocycles. The quantitative estimate of drug-likeness (QED) is 0.583. The molecule has 0 aromatic heterocycles. The average Bonchev–Trinajstić information content (AvgIpc) is 2.18. The van der Waals surface area contributed by atoms with E-state index in [2.05, 4.69) is 0 Å². The molecule has 1 rings (SSSR count). The number of hydrogen-bond donors (Lipinski definition) is 0. The number of esters is 1. The first-order chi connectivity index (χ1) is 7.11. The second-order valence-electron chi connectivity index (χ2n) is 3.07. The molecule has 80 valence electrons. The van der Waals surface area contributed by atoms with Crippen LogP contribution in [0, 0.1) is 0 Å². The molecule has 1 aromatic carbocycles. The van der Waals surface area contributed by atoms with E-state index < -0.39 is 17.1 Å². The molecule has 0 amide bonds. The van der Waals surface area contributed by atoms with Crippen molar-refractivity contribution in [2.75, 3.05) is 6.61 Å². The van der Waals surface area contributed by atoms with Gasteiger partial charge in [0.25, 0.3) is 0 Å². The summed E-state index contributed by atoms with van der Waals surface area (Å²) in [6.45, 7) is 1.28. The summed E-state index contributed by atoms with van der Waals surface area (Å²) in [5.41, 5.74) is 0.749. The summed E-state index contributed by atoms with van der Waals surface area (Å²) in [5.74, 6) is -1.01. The van der Waals surface area contributed by atoms with Crippen LogP contribution in [0.2, 0.25) is 0 Å². The molecule has 0 saturated carbocycles. The number of hydrogen-bond acceptors (Lipinski definition) is 3. The van der Waals surface area contributed by atoms with Gasteiger partial charge in [-0.2, -0.15) is 0 Å². The molecule has 4 heteroatoms. The second-order valence-corrected chi connectivity index (χ2v) is 3.44. The fraction of sp³-hybridized carbons (Fsp3) is 0.273. The van der Waals surface area contributed by atoms with Crippen molar-refractivity contribution in [3.05, 3.63) is 35.9 Å². The standard InChI is InChI=1S/C11H11ClO3/c1-8(13)15-7-10(11(12)14)9-5-3-2-4-6-9/h2-6,10H,7H2,1H3. The third-order valence-corrected chi connectivity index (χ3v) is 2.19. The van der Waals surface area contributed by atoms with Crippen LogP contribution in [0.15, 0.2) is 30.3 Å². The van der Waals surface area contributed by atoms with Gasteiger partial charge in [-0.15, -0.1) is 0 Å². The maximum atomic E-state index is 11.1. The van der Waals surface area contributed by atoms with E-state index in [9.17, 15) is 9.59 Å². The van der Waals surface area contributed by atoms with E-state index in [4.69, 9.17) is 16.3 Å². The predicted molar refractivity (Wildman–Crippen MR) is 56.7 cm³/mol. The predicted octanol–water partition coefficient (Wildman–Crippen LogP) is 2.10. The minimum atomic E-state index is -0.586. The molecule has 1 atom stereocenters. The Morgan fingerprint density at radius 1 is 1.33 bits per heavy atom. The van der Waals surface area contributed by atoms with Gasteiger partial charge >= 0.3 is 5.97 Å². The van der Waals surface area contributed by atoms with Gasteiger partial charge in [-0.3, -0.25) is 9.59 Å². The maximum absolute atomic E-state index is 11.1. The molecule has 15 heavy (non-hydrogen) atoms. The Balaban J connectivity index is 2.75. The second kappa shape index (κ2) is 5.51. The summed E-state index contributed by atoms with van der Waals surface area (Å²) < 4.78 is 4.78. The molecule has 1 unspecified atom stereocenters. The van der Waals surface area contributed by atoms with Gasteiger partial charge in [-0.1, -0.05) is 30.3 Å². The van der Waals surface area contributed by atoms with Crippen LogP contribution in [-0.4, -0.2) is 17.8 Å². The lowest BCUT2D eigenvalue weighted by Crippen LogP contribution is -2.15. The van der Waals surface area contributed by atoms with Crippen molar-refractivity contribution in [1.29, 1.82) is 0 Å². The maximum Gasteiger partial charge on any atom is 0.302 e. The molecule has 0 aliphatic rings. The summed E-state index contributed by atoms with van der Waals surface area (Å²) in [5, 5.41) is -0.526. The van der Waals surface area contributed by atoms with Gasteiger partial charge in [-0.25, -0.2) is 0 Å². The SMILES string of the molecule is CC(=O)OCC(C(=O)Cl)c1ccccc1. The van der Waals surface area contributed by atoms with E-state index in [1.165, 1.54) is 6.92 Å². The lowest BCUT2D eigenvalue weighted by Gasteiger charge is -2.12. The lowest BCUT2D eigenvalue weighted by molar-refractivity contribution is -0.141. The van der Waals surface area contributed by atoms with Gasteiger partial charge in [0.1, 0.15) is 6.61 Å². The van der Waals surface area contributed by atoms with Crippen molar-refractivity contribution < 1.29 is 14.3 Å². The van der Waals surface area contributed by atoms with Crippen molar-refractivity contribution >= 4 is 22.8 Å². The summed E-state index contributed by atoms with van der Waals surface area (Å²) in [4.78, 5) is 21.8. The van der Waals surface area contributed by atoms with E-state index in [0.717, 1.165) is 5.56 Å². The molecule has 0 bridgehead atoms. The molecular formula is C11H11ClO3. The van der Waals surface area contributed by atoms with Gasteiger partial charge in [-0.05, 0) is 17.2 Å². The normalized spacial score (nSPS) is 11.9. The van der Waals surface area contributed by atoms with Crippen LogP contribution in [0.3, 0.4) is 0 Å². The first-order valence-corrected chi connectivity index (χ1v) is 4.86. The summed E-state index contributed by atoms with van der Waals surface area (Å²) >= 11 is 5.43. The molecule has 0 N–H and O–H groups in total. The Kier molecular flexibility index (Phi) is 4.31. The van der Waals surface area contributed by atoms with Crippen LogP contribution in [-0.2, 0) is 14.3 Å². The van der Waals surface area contributed by atoms with Gasteiger partial charge in [0.2, 0.25) is 5.24 Å². The van der Waals surface area contributed by atoms with Crippen molar-refractivity contribution in [2.24, 2.45) is 0 Å². The fourth-order valence-electron chi connectivity index (χ4n) is 1.18. The van der Waals surface area contributed by atoms with Crippen LogP contribution in [0.1, 0.15) is 18.4 Å². The number of rotatable bonds is 4. The number of benzene rings is 1. The highest BCUT2D eigenvalue weighted by molar-refractivity contribution is 6.64. The molecule has 0 radical (unpaired) electrons. The highest BCUT2D eigenvalue weighted by Crippen LogP contribution is 2.18. The number of carbonyl (C=O) groups is 2. The molecule has 1 aromatic rings. The first-order valence-electron chi connectivity index (χ1n) is 4.49. The van der Waals surface area contributed by atoms with Crippen LogP contribution in [0.25, 0.3) is 0 Å². The van der Waals surface area contributed by atoms with E-state index in [0.29, 0.717) is 0 Å². The summed E-state index contributed by atoms with van der Waals surface area (Å²) in [6, 6.07) is 8.99. The van der Waals surface area contributed by atoms with Gasteiger partial charge < -0.3 is 4.74 Å². The average molecular weight is 227 g/mol. The summed E-state index contributed by atoms with van der Waals surface area (Å²) in [7, 11) is 0. The summed E-state index contributed by atoms with van der Waals surface area (Å²) in [6.07, 6.45) is 0. The Hall–Kier alpha value is -1.35. The highest BCUT2D eigenvalue weighted by Gasteiger charge is 2.19. The smallest absolute Gasteiger partial charge is 0.302 e. The van der Waals surface area contributed by atoms with E-state index in [-0.39, 0.29) is 6.61 Å². The third-order valence-electron chi connectivity index (χ3n) is 1.93. The molecule has 0 heterocycles. The van der Waals surface area contributed by atoms with Gasteiger partial charge in [0, 0.05) is 6.92 Å². The molecule has 3 nitrogen and oxygen atoms in total. The topological polar surface area (TPSA) is 43.4 Å². The van der Waals surface area contributed by atoms with E-state index >= 15 is 0 Å². The molecule has 0 fully saturated rings. The van der Waals surface area contributed by atoms with Crippen LogP contribution in [0.4, 0.5) is 0 Å². The number of carbonyl (C=O) groups excluding carboxylic acids is 2. The third kappa shape index (κ3) is 3.72. The van der Waals surface area contributed by atoms with Gasteiger partial charge in [0.15, 0.2) is 0 Å². The molecule has 0 spiro atoms. The van der Waals surface area contributed by atoms with Crippen molar-refractivity contribution in [2.45, 2.75) is 12.8 Å². The zero-order chi connectivity index (χ0) is 11.3. The minimum absolute atomic E-state index is 0.0122. The molecule has 0 aliphatic carbocycles. The Labute approximate surface area is 93.0 Å². The van der Waals surface area contributed by atoms with Crippen molar-refractivity contribution in [1.82, 2.24) is 0 Å². The minimum Gasteiger partial charge on any atom is -0.465 e. The van der Waals surface area contributed by atoms with Crippen LogP contribution in [0.5, 0.6) is 0 Å². The fourth-order valence-corrected chi connectivity index (χ4v) is 1.37. The lowest BCUT2D eigenvalue weighted by atomic mass is 10.0. The van der Waals surface area contributed by atoms with Crippen LogP contribution < -0.4 is 0 Å². The highest BCUT2D eigenvalue weighted by atomic mass is 35.5. The zero-order valence-electron chi connectivity index (χ0n) is 8.27. The van der Waals surface area contributed by atoms with Gasteiger partial charge in [0.05, 0.1) is 5.92 Å². The number of halogens is 1. The first kappa shape index (κ1) is 11.7.